The van der Waals surface area contributed by atoms with Crippen LogP contribution < -0.4 is 16.7 Å². The summed E-state index contributed by atoms with van der Waals surface area (Å²) in [5.74, 6) is 7.42. The predicted molar refractivity (Wildman–Crippen MR) is 112 cm³/mol. The van der Waals surface area contributed by atoms with E-state index in [0.717, 1.165) is 17.3 Å². The van der Waals surface area contributed by atoms with Crippen molar-refractivity contribution < 1.29 is 0 Å². The third-order valence-electron chi connectivity index (χ3n) is 3.27. The van der Waals surface area contributed by atoms with Gasteiger partial charge in [0.15, 0.2) is 5.65 Å². The van der Waals surface area contributed by atoms with Gasteiger partial charge >= 0.3 is 0 Å². The Morgan fingerprint density at radius 2 is 1.61 bits per heavy atom. The molecule has 4 N–H and O–H groups in total. The number of hydrazine groups is 1. The van der Waals surface area contributed by atoms with Crippen LogP contribution in [0.1, 0.15) is 12.7 Å². The van der Waals surface area contributed by atoms with E-state index in [-0.39, 0.29) is 0 Å². The van der Waals surface area contributed by atoms with E-state index in [0.29, 0.717) is 5.82 Å². The second-order valence-electron chi connectivity index (χ2n) is 5.25. The highest BCUT2D eigenvalue weighted by atomic mass is 15.3. The number of aromatic nitrogens is 5. The maximum absolute atomic E-state index is 5.04. The molecule has 0 amide bonds. The summed E-state index contributed by atoms with van der Waals surface area (Å²) in [6, 6.07) is 16.9. The summed E-state index contributed by atoms with van der Waals surface area (Å²) >= 11 is 0. The Bertz CT molecular complexity index is 953. The molecule has 0 atom stereocenters. The maximum Gasteiger partial charge on any atom is 0.160 e. The van der Waals surface area contributed by atoms with Crippen LogP contribution in [-0.2, 0) is 0 Å². The molecule has 4 heterocycles. The molecule has 4 aromatic heterocycles. The third kappa shape index (κ3) is 6.81. The maximum atomic E-state index is 5.04. The van der Waals surface area contributed by atoms with E-state index in [4.69, 9.17) is 5.84 Å². The second kappa shape index (κ2) is 11.7. The van der Waals surface area contributed by atoms with Crippen molar-refractivity contribution in [1.29, 1.82) is 0 Å². The van der Waals surface area contributed by atoms with Crippen LogP contribution >= 0.6 is 0 Å². The van der Waals surface area contributed by atoms with Gasteiger partial charge in [0.05, 0.1) is 0 Å². The Morgan fingerprint density at radius 3 is 2.14 bits per heavy atom. The van der Waals surface area contributed by atoms with E-state index >= 15 is 0 Å². The highest BCUT2D eigenvalue weighted by Gasteiger charge is 1.95. The lowest BCUT2D eigenvalue weighted by Gasteiger charge is -1.94. The Labute approximate surface area is 163 Å². The number of hydrazone groups is 1. The first kappa shape index (κ1) is 20.5. The van der Waals surface area contributed by atoms with Gasteiger partial charge in [0.2, 0.25) is 0 Å². The predicted octanol–water partition coefficient (Wildman–Crippen LogP) is 2.90. The van der Waals surface area contributed by atoms with Gasteiger partial charge in [-0.3, -0.25) is 9.83 Å². The molecule has 0 fully saturated rings. The number of nitrogen functional groups attached to an aromatic ring is 1. The van der Waals surface area contributed by atoms with E-state index in [1.165, 1.54) is 0 Å². The molecular formula is C19H23N9. The Kier molecular flexibility index (Phi) is 8.55. The van der Waals surface area contributed by atoms with Crippen LogP contribution in [0.4, 0.5) is 11.6 Å². The molecule has 0 aliphatic carbocycles. The Hall–Kier alpha value is -3.85. The number of nitrogens with zero attached hydrogens (tertiary/aromatic N) is 6. The van der Waals surface area contributed by atoms with Crippen molar-refractivity contribution >= 4 is 23.5 Å². The van der Waals surface area contributed by atoms with E-state index < -0.39 is 0 Å². The van der Waals surface area contributed by atoms with Crippen molar-refractivity contribution in [3.05, 3.63) is 79.0 Å². The highest BCUT2D eigenvalue weighted by molar-refractivity contribution is 5.55. The van der Waals surface area contributed by atoms with Crippen molar-refractivity contribution in [2.24, 2.45) is 10.9 Å². The van der Waals surface area contributed by atoms with Crippen molar-refractivity contribution in [3.8, 4) is 0 Å². The minimum atomic E-state index is 0.688. The summed E-state index contributed by atoms with van der Waals surface area (Å²) in [6.45, 7) is 3.77. The quantitative estimate of drug-likeness (QED) is 0.285. The third-order valence-corrected chi connectivity index (χ3v) is 3.27. The van der Waals surface area contributed by atoms with Gasteiger partial charge in [-0.15, -0.1) is 10.2 Å². The molecule has 4 aromatic rings. The number of hydrogen-bond acceptors (Lipinski definition) is 8. The van der Waals surface area contributed by atoms with E-state index in [1.807, 2.05) is 73.0 Å². The SMILES string of the molecule is C/C=N/Nc1ccccn1.Cc1nnc2ccccn12.NNc1ccccn1. The number of aryl methyl sites for hydroxylation is 1. The lowest BCUT2D eigenvalue weighted by Crippen LogP contribution is -2.07. The van der Waals surface area contributed by atoms with Crippen LogP contribution in [0.5, 0.6) is 0 Å². The van der Waals surface area contributed by atoms with E-state index in [2.05, 4.69) is 36.1 Å². The van der Waals surface area contributed by atoms with E-state index in [9.17, 15) is 0 Å². The topological polar surface area (TPSA) is 118 Å². The number of hydrogen-bond donors (Lipinski definition) is 3. The Morgan fingerprint density at radius 1 is 0.929 bits per heavy atom. The zero-order valence-corrected chi connectivity index (χ0v) is 15.8. The summed E-state index contributed by atoms with van der Waals surface area (Å²) in [6.07, 6.45) is 7.02. The molecule has 144 valence electrons. The van der Waals surface area contributed by atoms with Crippen molar-refractivity contribution in [3.63, 3.8) is 0 Å². The Balaban J connectivity index is 0.000000151. The van der Waals surface area contributed by atoms with Crippen LogP contribution in [0.25, 0.3) is 5.65 Å². The summed E-state index contributed by atoms with van der Waals surface area (Å²) in [5, 5.41) is 11.6. The average molecular weight is 377 g/mol. The van der Waals surface area contributed by atoms with Gasteiger partial charge < -0.3 is 5.43 Å². The standard InChI is InChI=1S/C7H7N3.C7H9N3.C5H7N3/c1-6-8-9-7-4-2-3-5-10(6)7;1-2-9-10-7-5-3-4-6-8-7;6-8-5-3-1-2-4-7-5/h2-5H,1H3;2-6H,1H3,(H,8,10);1-4H,6H2,(H,7,8)/b;9-2+;. The molecule has 0 radical (unpaired) electrons. The molecule has 4 rings (SSSR count). The molecule has 28 heavy (non-hydrogen) atoms. The molecule has 0 unspecified atom stereocenters. The largest absolute Gasteiger partial charge is 0.308 e. The van der Waals surface area contributed by atoms with Crippen molar-refractivity contribution in [2.75, 3.05) is 10.9 Å². The molecule has 0 aliphatic heterocycles. The molecule has 0 aromatic carbocycles. The molecule has 9 nitrogen and oxygen atoms in total. The lowest BCUT2D eigenvalue weighted by molar-refractivity contribution is 1.01. The van der Waals surface area contributed by atoms with Gasteiger partial charge in [-0.25, -0.2) is 15.8 Å². The van der Waals surface area contributed by atoms with Crippen LogP contribution in [-0.4, -0.2) is 30.8 Å². The van der Waals surface area contributed by atoms with Crippen LogP contribution in [0.15, 0.2) is 78.3 Å². The van der Waals surface area contributed by atoms with Gasteiger partial charge in [-0.1, -0.05) is 18.2 Å². The lowest BCUT2D eigenvalue weighted by atomic mass is 10.5. The number of rotatable bonds is 3. The minimum absolute atomic E-state index is 0.688. The molecule has 0 saturated heterocycles. The van der Waals surface area contributed by atoms with E-state index in [1.54, 1.807) is 24.7 Å². The molecule has 0 saturated carbocycles. The first-order valence-corrected chi connectivity index (χ1v) is 8.53. The zero-order valence-electron chi connectivity index (χ0n) is 15.8. The van der Waals surface area contributed by atoms with Crippen molar-refractivity contribution in [2.45, 2.75) is 13.8 Å². The smallest absolute Gasteiger partial charge is 0.160 e. The first-order chi connectivity index (χ1) is 13.7. The number of nitrogens with two attached hydrogens (primary N) is 1. The summed E-state index contributed by atoms with van der Waals surface area (Å²) in [4.78, 5) is 7.85. The van der Waals surface area contributed by atoms with Crippen LogP contribution in [0.3, 0.4) is 0 Å². The van der Waals surface area contributed by atoms with Gasteiger partial charge in [-0.2, -0.15) is 5.10 Å². The second-order valence-corrected chi connectivity index (χ2v) is 5.25. The van der Waals surface area contributed by atoms with Gasteiger partial charge in [0.1, 0.15) is 17.5 Å². The fraction of sp³-hybridized carbons (Fsp3) is 0.105. The number of pyridine rings is 3. The van der Waals surface area contributed by atoms with Crippen LogP contribution in [0.2, 0.25) is 0 Å². The zero-order chi connectivity index (χ0) is 20.0. The molecular weight excluding hydrogens is 354 g/mol. The molecule has 0 bridgehead atoms. The first-order valence-electron chi connectivity index (χ1n) is 8.53. The monoisotopic (exact) mass is 377 g/mol. The number of nitrogens with one attached hydrogen (secondary N) is 2. The molecule has 9 heteroatoms. The molecule has 0 aliphatic rings. The molecule has 0 spiro atoms. The van der Waals surface area contributed by atoms with Gasteiger partial charge in [-0.05, 0) is 50.2 Å². The summed E-state index contributed by atoms with van der Waals surface area (Å²) in [5.41, 5.74) is 6.07. The van der Waals surface area contributed by atoms with Crippen molar-refractivity contribution in [1.82, 2.24) is 24.6 Å². The number of fused-ring (bicyclic) bond motifs is 1. The summed E-state index contributed by atoms with van der Waals surface area (Å²) in [7, 11) is 0. The summed E-state index contributed by atoms with van der Waals surface area (Å²) < 4.78 is 1.94. The minimum Gasteiger partial charge on any atom is -0.308 e. The highest BCUT2D eigenvalue weighted by Crippen LogP contribution is 2.00. The fourth-order valence-corrected chi connectivity index (χ4v) is 1.97. The fourth-order valence-electron chi connectivity index (χ4n) is 1.97. The van der Waals surface area contributed by atoms with Crippen LogP contribution in [0, 0.1) is 6.92 Å². The number of anilines is 2. The average Bonchev–Trinajstić information content (AvgIpc) is 3.15. The normalized spacial score (nSPS) is 9.82. The van der Waals surface area contributed by atoms with Gasteiger partial charge in [0, 0.05) is 24.8 Å². The van der Waals surface area contributed by atoms with Gasteiger partial charge in [0.25, 0.3) is 0 Å².